The van der Waals surface area contributed by atoms with E-state index in [0.717, 1.165) is 18.9 Å². The molecule has 4 nitrogen and oxygen atoms in total. The highest BCUT2D eigenvalue weighted by Crippen LogP contribution is 2.06. The largest absolute Gasteiger partial charge is 0.384 e. The van der Waals surface area contributed by atoms with Crippen LogP contribution in [-0.4, -0.2) is 16.5 Å². The molecule has 1 rings (SSSR count). The average molecular weight is 208 g/mol. The predicted molar refractivity (Wildman–Crippen MR) is 63.6 cm³/mol. The molecule has 0 unspecified atom stereocenters. The van der Waals surface area contributed by atoms with E-state index in [-0.39, 0.29) is 0 Å². The maximum atomic E-state index is 5.54. The van der Waals surface area contributed by atoms with Gasteiger partial charge in [0.1, 0.15) is 5.82 Å². The highest BCUT2D eigenvalue weighted by atomic mass is 15.1. The van der Waals surface area contributed by atoms with E-state index in [9.17, 15) is 0 Å². The predicted octanol–water partition coefficient (Wildman–Crippen LogP) is 2.30. The standard InChI is InChI=1S/C11H20N4/c1-9(2)5-3-4-7-13-11-14-8-6-10(12)15-11/h6,8-9H,3-5,7H2,1-2H3,(H3,12,13,14,15). The zero-order chi connectivity index (χ0) is 11.1. The first-order valence-electron chi connectivity index (χ1n) is 5.51. The summed E-state index contributed by atoms with van der Waals surface area (Å²) in [6.45, 7) is 5.40. The number of unbranched alkanes of at least 4 members (excludes halogenated alkanes) is 1. The number of nitrogens with zero attached hydrogens (tertiary/aromatic N) is 2. The monoisotopic (exact) mass is 208 g/mol. The van der Waals surface area contributed by atoms with Crippen LogP contribution in [0.4, 0.5) is 11.8 Å². The molecule has 0 aliphatic carbocycles. The number of nitrogen functional groups attached to an aromatic ring is 1. The van der Waals surface area contributed by atoms with Crippen LogP contribution < -0.4 is 11.1 Å². The SMILES string of the molecule is CC(C)CCCCNc1nccc(N)n1. The molecule has 0 aliphatic heterocycles. The van der Waals surface area contributed by atoms with Crippen molar-refractivity contribution in [1.29, 1.82) is 0 Å². The Kier molecular flexibility index (Phi) is 4.87. The molecule has 1 aromatic heterocycles. The molecule has 0 spiro atoms. The molecule has 0 saturated carbocycles. The zero-order valence-electron chi connectivity index (χ0n) is 9.53. The number of hydrogen-bond donors (Lipinski definition) is 2. The van der Waals surface area contributed by atoms with Crippen LogP contribution in [-0.2, 0) is 0 Å². The highest BCUT2D eigenvalue weighted by molar-refractivity contribution is 5.34. The van der Waals surface area contributed by atoms with Crippen LogP contribution in [0.25, 0.3) is 0 Å². The summed E-state index contributed by atoms with van der Waals surface area (Å²) in [4.78, 5) is 8.13. The summed E-state index contributed by atoms with van der Waals surface area (Å²) >= 11 is 0. The highest BCUT2D eigenvalue weighted by Gasteiger charge is 1.96. The van der Waals surface area contributed by atoms with Gasteiger partial charge in [-0.05, 0) is 18.4 Å². The van der Waals surface area contributed by atoms with Crippen molar-refractivity contribution in [2.24, 2.45) is 5.92 Å². The van der Waals surface area contributed by atoms with Crippen LogP contribution in [0.15, 0.2) is 12.3 Å². The molecule has 0 aliphatic rings. The lowest BCUT2D eigenvalue weighted by Crippen LogP contribution is -2.06. The lowest BCUT2D eigenvalue weighted by molar-refractivity contribution is 0.544. The van der Waals surface area contributed by atoms with Gasteiger partial charge in [-0.15, -0.1) is 0 Å². The Hall–Kier alpha value is -1.32. The minimum Gasteiger partial charge on any atom is -0.384 e. The summed E-state index contributed by atoms with van der Waals surface area (Å²) in [5, 5.41) is 3.16. The molecule has 15 heavy (non-hydrogen) atoms. The number of nitrogens with two attached hydrogens (primary N) is 1. The van der Waals surface area contributed by atoms with E-state index in [1.54, 1.807) is 12.3 Å². The van der Waals surface area contributed by atoms with Gasteiger partial charge in [0.2, 0.25) is 5.95 Å². The summed E-state index contributed by atoms with van der Waals surface area (Å²) < 4.78 is 0. The van der Waals surface area contributed by atoms with Gasteiger partial charge in [0.05, 0.1) is 0 Å². The Balaban J connectivity index is 2.15. The van der Waals surface area contributed by atoms with Crippen LogP contribution in [0.2, 0.25) is 0 Å². The molecule has 0 saturated heterocycles. The second-order valence-corrected chi connectivity index (χ2v) is 4.12. The molecule has 84 valence electrons. The van der Waals surface area contributed by atoms with Crippen molar-refractivity contribution in [3.05, 3.63) is 12.3 Å². The molecular formula is C11H20N4. The van der Waals surface area contributed by atoms with Gasteiger partial charge in [0.25, 0.3) is 0 Å². The number of hydrogen-bond acceptors (Lipinski definition) is 4. The van der Waals surface area contributed by atoms with Gasteiger partial charge in [-0.3, -0.25) is 0 Å². The molecule has 0 aromatic carbocycles. The van der Waals surface area contributed by atoms with E-state index < -0.39 is 0 Å². The first kappa shape index (κ1) is 11.8. The number of aromatic nitrogens is 2. The zero-order valence-corrected chi connectivity index (χ0v) is 9.53. The van der Waals surface area contributed by atoms with Crippen LogP contribution in [0, 0.1) is 5.92 Å². The molecule has 0 fully saturated rings. The molecular weight excluding hydrogens is 188 g/mol. The van der Waals surface area contributed by atoms with E-state index in [1.807, 2.05) is 0 Å². The minimum absolute atomic E-state index is 0.509. The average Bonchev–Trinajstić information content (AvgIpc) is 2.17. The quantitative estimate of drug-likeness (QED) is 0.704. The van der Waals surface area contributed by atoms with Crippen molar-refractivity contribution < 1.29 is 0 Å². The Morgan fingerprint density at radius 2 is 2.20 bits per heavy atom. The lowest BCUT2D eigenvalue weighted by atomic mass is 10.1. The second kappa shape index (κ2) is 6.22. The first-order chi connectivity index (χ1) is 7.18. The van der Waals surface area contributed by atoms with Gasteiger partial charge in [0.15, 0.2) is 0 Å². The van der Waals surface area contributed by atoms with E-state index in [2.05, 4.69) is 29.1 Å². The normalized spacial score (nSPS) is 10.6. The van der Waals surface area contributed by atoms with Gasteiger partial charge < -0.3 is 11.1 Å². The summed E-state index contributed by atoms with van der Waals surface area (Å²) in [5.41, 5.74) is 5.54. The fourth-order valence-corrected chi connectivity index (χ4v) is 1.34. The third-order valence-electron chi connectivity index (χ3n) is 2.17. The summed E-state index contributed by atoms with van der Waals surface area (Å²) in [5.74, 6) is 1.92. The summed E-state index contributed by atoms with van der Waals surface area (Å²) in [6, 6.07) is 1.68. The molecule has 0 bridgehead atoms. The van der Waals surface area contributed by atoms with Crippen LogP contribution in [0.5, 0.6) is 0 Å². The van der Waals surface area contributed by atoms with Crippen LogP contribution in [0.3, 0.4) is 0 Å². The summed E-state index contributed by atoms with van der Waals surface area (Å²) in [6.07, 6.45) is 5.33. The Bertz CT molecular complexity index is 286. The molecule has 1 aromatic rings. The van der Waals surface area contributed by atoms with E-state index in [4.69, 9.17) is 5.73 Å². The van der Waals surface area contributed by atoms with E-state index >= 15 is 0 Å². The van der Waals surface area contributed by atoms with Crippen molar-refractivity contribution in [1.82, 2.24) is 9.97 Å². The maximum absolute atomic E-state index is 5.54. The van der Waals surface area contributed by atoms with Gasteiger partial charge in [0, 0.05) is 12.7 Å². The Morgan fingerprint density at radius 3 is 2.87 bits per heavy atom. The van der Waals surface area contributed by atoms with Crippen LogP contribution in [0.1, 0.15) is 33.1 Å². The summed E-state index contributed by atoms with van der Waals surface area (Å²) in [7, 11) is 0. The number of rotatable bonds is 6. The third-order valence-corrected chi connectivity index (χ3v) is 2.17. The van der Waals surface area contributed by atoms with Gasteiger partial charge >= 0.3 is 0 Å². The lowest BCUT2D eigenvalue weighted by Gasteiger charge is -2.06. The fourth-order valence-electron chi connectivity index (χ4n) is 1.34. The Labute approximate surface area is 91.3 Å². The smallest absolute Gasteiger partial charge is 0.224 e. The minimum atomic E-state index is 0.509. The van der Waals surface area contributed by atoms with Crippen molar-refractivity contribution in [3.63, 3.8) is 0 Å². The van der Waals surface area contributed by atoms with Gasteiger partial charge in [-0.2, -0.15) is 4.98 Å². The molecule has 0 atom stereocenters. The molecule has 0 amide bonds. The van der Waals surface area contributed by atoms with Gasteiger partial charge in [-0.25, -0.2) is 4.98 Å². The molecule has 3 N–H and O–H groups in total. The topological polar surface area (TPSA) is 63.8 Å². The molecule has 4 heteroatoms. The van der Waals surface area contributed by atoms with E-state index in [0.29, 0.717) is 11.8 Å². The van der Waals surface area contributed by atoms with Crippen molar-refractivity contribution in [2.45, 2.75) is 33.1 Å². The van der Waals surface area contributed by atoms with Crippen molar-refractivity contribution >= 4 is 11.8 Å². The van der Waals surface area contributed by atoms with Crippen molar-refractivity contribution in [3.8, 4) is 0 Å². The molecule has 0 radical (unpaired) electrons. The fraction of sp³-hybridized carbons (Fsp3) is 0.636. The van der Waals surface area contributed by atoms with Crippen LogP contribution >= 0.6 is 0 Å². The number of anilines is 2. The first-order valence-corrected chi connectivity index (χ1v) is 5.51. The van der Waals surface area contributed by atoms with E-state index in [1.165, 1.54) is 12.8 Å². The second-order valence-electron chi connectivity index (χ2n) is 4.12. The van der Waals surface area contributed by atoms with Gasteiger partial charge in [-0.1, -0.05) is 26.7 Å². The van der Waals surface area contributed by atoms with Crippen molar-refractivity contribution in [2.75, 3.05) is 17.6 Å². The Morgan fingerprint density at radius 1 is 1.40 bits per heavy atom. The molecule has 1 heterocycles. The number of nitrogens with one attached hydrogen (secondary N) is 1. The third kappa shape index (κ3) is 5.20. The maximum Gasteiger partial charge on any atom is 0.224 e.